The van der Waals surface area contributed by atoms with Crippen LogP contribution in [0.5, 0.6) is 0 Å². The van der Waals surface area contributed by atoms with Gasteiger partial charge in [0.1, 0.15) is 11.5 Å². The van der Waals surface area contributed by atoms with Gasteiger partial charge in [-0.05, 0) is 50.8 Å². The Bertz CT molecular complexity index is 1400. The molecule has 0 atom stereocenters. The number of carbonyl (C=O) groups excluding carboxylic acids is 1. The van der Waals surface area contributed by atoms with E-state index in [1.165, 1.54) is 17.4 Å². The van der Waals surface area contributed by atoms with Crippen LogP contribution in [0.4, 0.5) is 4.39 Å². The first-order valence-electron chi connectivity index (χ1n) is 11.7. The zero-order valence-corrected chi connectivity index (χ0v) is 22.8. The van der Waals surface area contributed by atoms with Crippen molar-refractivity contribution in [1.82, 2.24) is 18.7 Å². The van der Waals surface area contributed by atoms with E-state index in [4.69, 9.17) is 4.74 Å². The normalized spacial score (nSPS) is 16.2. The quantitative estimate of drug-likeness (QED) is 0.340. The minimum absolute atomic E-state index is 0.0249. The van der Waals surface area contributed by atoms with E-state index in [9.17, 15) is 13.2 Å². The number of rotatable bonds is 5. The molecule has 8 nitrogen and oxygen atoms in total. The number of halogens is 2. The lowest BCUT2D eigenvalue weighted by molar-refractivity contribution is 0.0513. The van der Waals surface area contributed by atoms with Gasteiger partial charge in [-0.2, -0.15) is 9.40 Å². The third kappa shape index (κ3) is 4.53. The SMILES string of the molecule is CCOC(=O)c1c(CCCBr)c2ccc(F)c3c2n1CCCS(=O)(=O)N(C)Cc1nn(C)c(C)c1-3. The average Bonchev–Trinajstić information content (AvgIpc) is 3.25. The minimum atomic E-state index is -3.59. The van der Waals surface area contributed by atoms with Gasteiger partial charge in [-0.1, -0.05) is 15.9 Å². The van der Waals surface area contributed by atoms with E-state index < -0.39 is 21.8 Å². The molecule has 190 valence electrons. The number of sulfonamides is 1. The summed E-state index contributed by atoms with van der Waals surface area (Å²) in [6.07, 6.45) is 1.63. The van der Waals surface area contributed by atoms with Gasteiger partial charge in [-0.25, -0.2) is 17.6 Å². The van der Waals surface area contributed by atoms with E-state index >= 15 is 4.39 Å². The van der Waals surface area contributed by atoms with E-state index in [-0.39, 0.29) is 31.9 Å². The number of benzene rings is 1. The Morgan fingerprint density at radius 3 is 2.69 bits per heavy atom. The Hall–Kier alpha value is -2.24. The molecule has 0 fully saturated rings. The standard InChI is InChI=1S/C24H30BrFN4O4S/c1-5-34-24(31)23-16(8-6-11-25)17-9-10-18(26)21-20-15(2)29(4)27-19(20)14-28(3)35(32,33)13-7-12-30(23)22(17)21/h9-10H,5-8,11-14H2,1-4H3. The fourth-order valence-corrected chi connectivity index (χ4v) is 6.27. The molecule has 3 aromatic rings. The number of aromatic nitrogens is 3. The Kier molecular flexibility index (Phi) is 7.40. The zero-order chi connectivity index (χ0) is 25.5. The number of alkyl halides is 1. The summed E-state index contributed by atoms with van der Waals surface area (Å²) in [6.45, 7) is 4.03. The average molecular weight is 569 g/mol. The summed E-state index contributed by atoms with van der Waals surface area (Å²) in [6, 6.07) is 3.13. The highest BCUT2D eigenvalue weighted by Gasteiger charge is 2.31. The van der Waals surface area contributed by atoms with Gasteiger partial charge in [-0.15, -0.1) is 0 Å². The lowest BCUT2D eigenvalue weighted by Gasteiger charge is -2.16. The third-order valence-electron chi connectivity index (χ3n) is 6.59. The molecular weight excluding hydrogens is 539 g/mol. The highest BCUT2D eigenvalue weighted by molar-refractivity contribution is 9.09. The fraction of sp³-hybridized carbons (Fsp3) is 0.500. The molecule has 1 aliphatic rings. The number of hydrogen-bond donors (Lipinski definition) is 0. The molecule has 0 N–H and O–H groups in total. The molecule has 0 unspecified atom stereocenters. The van der Waals surface area contributed by atoms with Crippen molar-refractivity contribution in [1.29, 1.82) is 0 Å². The Labute approximate surface area is 213 Å². The predicted molar refractivity (Wildman–Crippen MR) is 137 cm³/mol. The molecule has 1 aliphatic heterocycles. The van der Waals surface area contributed by atoms with Crippen molar-refractivity contribution in [3.63, 3.8) is 0 Å². The van der Waals surface area contributed by atoms with Crippen molar-refractivity contribution >= 4 is 42.8 Å². The summed E-state index contributed by atoms with van der Waals surface area (Å²) in [5, 5.41) is 6.07. The molecule has 4 rings (SSSR count). The van der Waals surface area contributed by atoms with Crippen LogP contribution in [-0.4, -0.2) is 57.8 Å². The van der Waals surface area contributed by atoms with Crippen LogP contribution in [0.3, 0.4) is 0 Å². The lowest BCUT2D eigenvalue weighted by atomic mass is 9.97. The summed E-state index contributed by atoms with van der Waals surface area (Å²) in [5.41, 5.74) is 3.81. The van der Waals surface area contributed by atoms with Gasteiger partial charge < -0.3 is 9.30 Å². The maximum absolute atomic E-state index is 15.7. The highest BCUT2D eigenvalue weighted by atomic mass is 79.9. The van der Waals surface area contributed by atoms with E-state index in [1.807, 2.05) is 6.92 Å². The van der Waals surface area contributed by atoms with Gasteiger partial charge in [0.05, 0.1) is 30.1 Å². The van der Waals surface area contributed by atoms with Gasteiger partial charge in [0.2, 0.25) is 10.0 Å². The summed E-state index contributed by atoms with van der Waals surface area (Å²) in [7, 11) is -0.316. The summed E-state index contributed by atoms with van der Waals surface area (Å²) in [4.78, 5) is 13.2. The van der Waals surface area contributed by atoms with Crippen LogP contribution >= 0.6 is 15.9 Å². The summed E-state index contributed by atoms with van der Waals surface area (Å²) >= 11 is 3.47. The van der Waals surface area contributed by atoms with E-state index in [2.05, 4.69) is 21.0 Å². The van der Waals surface area contributed by atoms with Crippen molar-refractivity contribution in [2.45, 2.75) is 46.2 Å². The first kappa shape index (κ1) is 25.8. The first-order chi connectivity index (χ1) is 16.6. The molecule has 0 saturated heterocycles. The smallest absolute Gasteiger partial charge is 0.355 e. The van der Waals surface area contributed by atoms with Crippen molar-refractivity contribution in [2.24, 2.45) is 7.05 Å². The van der Waals surface area contributed by atoms with Crippen LogP contribution in [0.15, 0.2) is 12.1 Å². The molecule has 2 aromatic heterocycles. The molecule has 35 heavy (non-hydrogen) atoms. The number of esters is 1. The number of carbonyl (C=O) groups is 1. The number of fused-ring (bicyclic) bond motifs is 2. The zero-order valence-electron chi connectivity index (χ0n) is 20.4. The van der Waals surface area contributed by atoms with Crippen LogP contribution in [-0.2, 0) is 41.3 Å². The van der Waals surface area contributed by atoms with E-state index in [0.29, 0.717) is 40.1 Å². The molecule has 0 saturated carbocycles. The lowest BCUT2D eigenvalue weighted by Crippen LogP contribution is -2.29. The van der Waals surface area contributed by atoms with E-state index in [1.54, 1.807) is 29.3 Å². The number of nitrogens with zero attached hydrogens (tertiary/aromatic N) is 4. The minimum Gasteiger partial charge on any atom is -0.461 e. The van der Waals surface area contributed by atoms with Crippen LogP contribution in [0.25, 0.3) is 22.0 Å². The second-order valence-electron chi connectivity index (χ2n) is 8.77. The van der Waals surface area contributed by atoms with Crippen LogP contribution < -0.4 is 0 Å². The van der Waals surface area contributed by atoms with Crippen molar-refractivity contribution in [3.8, 4) is 11.1 Å². The second-order valence-corrected chi connectivity index (χ2v) is 11.8. The number of hydrogen-bond acceptors (Lipinski definition) is 5. The molecule has 3 heterocycles. The predicted octanol–water partition coefficient (Wildman–Crippen LogP) is 4.16. The molecule has 0 aliphatic carbocycles. The van der Waals surface area contributed by atoms with Crippen LogP contribution in [0.1, 0.15) is 47.2 Å². The van der Waals surface area contributed by atoms with Gasteiger partial charge >= 0.3 is 5.97 Å². The molecular formula is C24H30BrFN4O4S. The molecule has 1 aromatic carbocycles. The maximum atomic E-state index is 15.7. The Balaban J connectivity index is 2.15. The first-order valence-corrected chi connectivity index (χ1v) is 14.4. The molecule has 0 bridgehead atoms. The summed E-state index contributed by atoms with van der Waals surface area (Å²) in [5.74, 6) is -1.04. The monoisotopic (exact) mass is 568 g/mol. The van der Waals surface area contributed by atoms with Crippen molar-refractivity contribution < 1.29 is 22.3 Å². The van der Waals surface area contributed by atoms with Crippen molar-refractivity contribution in [2.75, 3.05) is 24.7 Å². The number of ether oxygens (including phenoxy) is 1. The van der Waals surface area contributed by atoms with Crippen molar-refractivity contribution in [3.05, 3.63) is 40.6 Å². The molecule has 0 radical (unpaired) electrons. The Morgan fingerprint density at radius 1 is 1.26 bits per heavy atom. The third-order valence-corrected chi connectivity index (χ3v) is 9.04. The number of aryl methyl sites for hydroxylation is 3. The van der Waals surface area contributed by atoms with Crippen LogP contribution in [0.2, 0.25) is 0 Å². The van der Waals surface area contributed by atoms with Gasteiger partial charge in [0, 0.05) is 48.2 Å². The van der Waals surface area contributed by atoms with Gasteiger partial charge in [0.25, 0.3) is 0 Å². The second kappa shape index (κ2) is 10.0. The molecule has 0 spiro atoms. The van der Waals surface area contributed by atoms with Crippen LogP contribution in [0, 0.1) is 12.7 Å². The van der Waals surface area contributed by atoms with E-state index in [0.717, 1.165) is 22.7 Å². The highest BCUT2D eigenvalue weighted by Crippen LogP contribution is 2.40. The topological polar surface area (TPSA) is 86.4 Å². The summed E-state index contributed by atoms with van der Waals surface area (Å²) < 4.78 is 51.8. The Morgan fingerprint density at radius 2 is 2.00 bits per heavy atom. The van der Waals surface area contributed by atoms with Gasteiger partial charge in [0.15, 0.2) is 0 Å². The molecule has 11 heteroatoms. The van der Waals surface area contributed by atoms with Gasteiger partial charge in [-0.3, -0.25) is 4.68 Å². The fourth-order valence-electron chi connectivity index (χ4n) is 4.87. The maximum Gasteiger partial charge on any atom is 0.355 e. The molecule has 0 amide bonds. The largest absolute Gasteiger partial charge is 0.461 e.